The molecule has 1 N–H and O–H groups in total. The van der Waals surface area contributed by atoms with Crippen LogP contribution in [0.25, 0.3) is 0 Å². The molecule has 2 aliphatic rings. The Morgan fingerprint density at radius 2 is 1.88 bits per heavy atom. The average Bonchev–Trinajstić information content (AvgIpc) is 2.88. The molecule has 4 rings (SSSR count). The molecule has 0 spiro atoms. The maximum atomic E-state index is 12.9. The van der Waals surface area contributed by atoms with E-state index in [1.165, 1.54) is 16.7 Å². The van der Waals surface area contributed by atoms with E-state index in [1.54, 1.807) is 11.8 Å². The van der Waals surface area contributed by atoms with Crippen LogP contribution < -0.4 is 5.32 Å². The van der Waals surface area contributed by atoms with Gasteiger partial charge in [0.2, 0.25) is 0 Å². The van der Waals surface area contributed by atoms with Crippen molar-refractivity contribution in [2.75, 3.05) is 19.6 Å². The number of carbonyl (C=O) groups is 2. The number of fused-ring (bicyclic) bond motifs is 2. The Morgan fingerprint density at radius 1 is 1.12 bits per heavy atom. The van der Waals surface area contributed by atoms with E-state index in [-0.39, 0.29) is 23.4 Å². The zero-order valence-electron chi connectivity index (χ0n) is 19.2. The summed E-state index contributed by atoms with van der Waals surface area (Å²) in [6.45, 7) is 9.01. The number of amides is 2. The highest BCUT2D eigenvalue weighted by atomic mass is 35.5. The molecule has 2 aromatic rings. The van der Waals surface area contributed by atoms with Gasteiger partial charge in [-0.1, -0.05) is 23.7 Å². The van der Waals surface area contributed by atoms with Gasteiger partial charge in [-0.05, 0) is 75.4 Å². The van der Waals surface area contributed by atoms with Crippen LogP contribution in [0.4, 0.5) is 4.79 Å². The van der Waals surface area contributed by atoms with Gasteiger partial charge in [0.25, 0.3) is 0 Å². The summed E-state index contributed by atoms with van der Waals surface area (Å²) >= 11 is 6.32. The first-order valence-corrected chi connectivity index (χ1v) is 11.6. The van der Waals surface area contributed by atoms with Gasteiger partial charge in [-0.2, -0.15) is 0 Å². The molecule has 1 aliphatic carbocycles. The molecular weight excluding hydrogens is 424 g/mol. The van der Waals surface area contributed by atoms with Gasteiger partial charge in [-0.3, -0.25) is 14.7 Å². The second-order valence-corrected chi connectivity index (χ2v) is 10.2. The molecule has 0 radical (unpaired) electrons. The van der Waals surface area contributed by atoms with Crippen molar-refractivity contribution in [3.05, 3.63) is 63.9 Å². The van der Waals surface area contributed by atoms with Gasteiger partial charge >= 0.3 is 6.03 Å². The van der Waals surface area contributed by atoms with E-state index < -0.39 is 6.04 Å². The van der Waals surface area contributed by atoms with E-state index >= 15 is 0 Å². The van der Waals surface area contributed by atoms with Crippen molar-refractivity contribution in [2.24, 2.45) is 0 Å². The van der Waals surface area contributed by atoms with Crippen LogP contribution >= 0.6 is 11.6 Å². The standard InChI is InChI=1S/C25H31ClN4O2/c1-16(31)21-15-29(12-13-30(21)24(32)28-25(2,3)4)23-20-10-9-19(26)14-18(20)8-7-17-6-5-11-27-22(17)23/h5-6,9-11,14,21,23H,7-8,12-13,15H2,1-4H3,(H,28,32)/t21-,23?/m1/s1. The molecule has 2 atom stereocenters. The predicted molar refractivity (Wildman–Crippen MR) is 126 cm³/mol. The molecule has 1 saturated heterocycles. The molecule has 1 aromatic carbocycles. The fraction of sp³-hybridized carbons (Fsp3) is 0.480. The van der Waals surface area contributed by atoms with Gasteiger partial charge in [0.1, 0.15) is 6.04 Å². The Hall–Kier alpha value is -2.44. The number of urea groups is 1. The summed E-state index contributed by atoms with van der Waals surface area (Å²) in [4.78, 5) is 34.3. The summed E-state index contributed by atoms with van der Waals surface area (Å²) in [6.07, 6.45) is 3.63. The first-order chi connectivity index (χ1) is 15.1. The maximum absolute atomic E-state index is 12.9. The Balaban J connectivity index is 1.70. The minimum atomic E-state index is -0.503. The van der Waals surface area contributed by atoms with Crippen molar-refractivity contribution >= 4 is 23.4 Å². The lowest BCUT2D eigenvalue weighted by atomic mass is 9.94. The summed E-state index contributed by atoms with van der Waals surface area (Å²) in [5.74, 6) is -0.00930. The molecule has 2 amide bonds. The maximum Gasteiger partial charge on any atom is 0.318 e. The van der Waals surface area contributed by atoms with Gasteiger partial charge < -0.3 is 10.2 Å². The fourth-order valence-corrected chi connectivity index (χ4v) is 4.97. The van der Waals surface area contributed by atoms with E-state index in [4.69, 9.17) is 16.6 Å². The number of hydrogen-bond acceptors (Lipinski definition) is 4. The van der Waals surface area contributed by atoms with Crippen molar-refractivity contribution in [3.8, 4) is 0 Å². The number of Topliss-reactive ketones (excluding diaryl/α,β-unsaturated/α-hetero) is 1. The summed E-state index contributed by atoms with van der Waals surface area (Å²) in [5, 5.41) is 3.73. The Morgan fingerprint density at radius 3 is 2.59 bits per heavy atom. The number of aryl methyl sites for hydroxylation is 2. The van der Waals surface area contributed by atoms with Crippen LogP contribution in [-0.4, -0.2) is 57.8 Å². The van der Waals surface area contributed by atoms with Crippen LogP contribution in [0.2, 0.25) is 5.02 Å². The smallest absolute Gasteiger partial charge is 0.318 e. The van der Waals surface area contributed by atoms with Crippen molar-refractivity contribution in [1.82, 2.24) is 20.1 Å². The highest BCUT2D eigenvalue weighted by Crippen LogP contribution is 2.37. The predicted octanol–water partition coefficient (Wildman–Crippen LogP) is 4.01. The molecule has 0 saturated carbocycles. The highest BCUT2D eigenvalue weighted by molar-refractivity contribution is 6.30. The van der Waals surface area contributed by atoms with E-state index in [2.05, 4.69) is 22.3 Å². The first-order valence-electron chi connectivity index (χ1n) is 11.2. The third-order valence-electron chi connectivity index (χ3n) is 6.24. The number of nitrogens with zero attached hydrogens (tertiary/aromatic N) is 3. The minimum absolute atomic E-state index is 0.00930. The van der Waals surface area contributed by atoms with E-state index in [1.807, 2.05) is 45.2 Å². The van der Waals surface area contributed by atoms with Crippen molar-refractivity contribution < 1.29 is 9.59 Å². The second-order valence-electron chi connectivity index (χ2n) is 9.79. The van der Waals surface area contributed by atoms with Crippen LogP contribution in [0.1, 0.15) is 56.1 Å². The Labute approximate surface area is 195 Å². The average molecular weight is 455 g/mol. The molecule has 1 fully saturated rings. The third-order valence-corrected chi connectivity index (χ3v) is 6.47. The minimum Gasteiger partial charge on any atom is -0.333 e. The Kier molecular flexibility index (Phi) is 6.28. The first kappa shape index (κ1) is 22.7. The molecule has 170 valence electrons. The quantitative estimate of drug-likeness (QED) is 0.744. The summed E-state index contributed by atoms with van der Waals surface area (Å²) < 4.78 is 0. The lowest BCUT2D eigenvalue weighted by Crippen LogP contribution is -2.62. The lowest BCUT2D eigenvalue weighted by Gasteiger charge is -2.44. The van der Waals surface area contributed by atoms with Crippen LogP contribution in [0, 0.1) is 0 Å². The molecule has 0 bridgehead atoms. The van der Waals surface area contributed by atoms with E-state index in [0.29, 0.717) is 19.6 Å². The number of piperazine rings is 1. The lowest BCUT2D eigenvalue weighted by molar-refractivity contribution is -0.123. The molecule has 2 heterocycles. The Bertz CT molecular complexity index is 1030. The zero-order chi connectivity index (χ0) is 23.0. The van der Waals surface area contributed by atoms with Crippen LogP contribution in [-0.2, 0) is 17.6 Å². The largest absolute Gasteiger partial charge is 0.333 e. The number of benzene rings is 1. The van der Waals surface area contributed by atoms with Gasteiger partial charge in [-0.15, -0.1) is 0 Å². The van der Waals surface area contributed by atoms with Crippen molar-refractivity contribution in [2.45, 2.75) is 58.2 Å². The van der Waals surface area contributed by atoms with Gasteiger partial charge in [0, 0.05) is 36.4 Å². The fourth-order valence-electron chi connectivity index (χ4n) is 4.77. The second kappa shape index (κ2) is 8.83. The van der Waals surface area contributed by atoms with Gasteiger partial charge in [0.15, 0.2) is 5.78 Å². The molecule has 1 aliphatic heterocycles. The zero-order valence-corrected chi connectivity index (χ0v) is 19.9. The molecule has 1 aromatic heterocycles. The summed E-state index contributed by atoms with van der Waals surface area (Å²) in [6, 6.07) is 9.41. The normalized spacial score (nSPS) is 21.3. The monoisotopic (exact) mass is 454 g/mol. The summed E-state index contributed by atoms with van der Waals surface area (Å²) in [5.41, 5.74) is 4.29. The van der Waals surface area contributed by atoms with Crippen molar-refractivity contribution in [3.63, 3.8) is 0 Å². The highest BCUT2D eigenvalue weighted by Gasteiger charge is 2.39. The van der Waals surface area contributed by atoms with Crippen molar-refractivity contribution in [1.29, 1.82) is 0 Å². The van der Waals surface area contributed by atoms with Gasteiger partial charge in [0.05, 0.1) is 11.7 Å². The summed E-state index contributed by atoms with van der Waals surface area (Å²) in [7, 11) is 0. The third kappa shape index (κ3) is 4.66. The number of nitrogens with one attached hydrogen (secondary N) is 1. The topological polar surface area (TPSA) is 65.5 Å². The molecule has 1 unspecified atom stereocenters. The SMILES string of the molecule is CC(=O)[C@H]1CN(C2c3ccc(Cl)cc3CCc3cccnc32)CCN1C(=O)NC(C)(C)C. The van der Waals surface area contributed by atoms with Crippen LogP contribution in [0.15, 0.2) is 36.5 Å². The molecule has 7 heteroatoms. The number of hydrogen-bond donors (Lipinski definition) is 1. The van der Waals surface area contributed by atoms with Crippen LogP contribution in [0.5, 0.6) is 0 Å². The number of carbonyl (C=O) groups excluding carboxylic acids is 2. The van der Waals surface area contributed by atoms with E-state index in [0.717, 1.165) is 23.6 Å². The number of ketones is 1. The number of aromatic nitrogens is 1. The number of halogens is 1. The molecule has 32 heavy (non-hydrogen) atoms. The molecule has 6 nitrogen and oxygen atoms in total. The number of rotatable bonds is 2. The molecular formula is C25H31ClN4O2. The van der Waals surface area contributed by atoms with Crippen LogP contribution in [0.3, 0.4) is 0 Å². The number of pyridine rings is 1. The van der Waals surface area contributed by atoms with Gasteiger partial charge in [-0.25, -0.2) is 4.79 Å². The van der Waals surface area contributed by atoms with E-state index in [9.17, 15) is 9.59 Å².